The summed E-state index contributed by atoms with van der Waals surface area (Å²) >= 11 is 0. The number of carbonyl (C=O) groups excluding carboxylic acids is 1. The van der Waals surface area contributed by atoms with Gasteiger partial charge in [0.25, 0.3) is 0 Å². The predicted molar refractivity (Wildman–Crippen MR) is 87.5 cm³/mol. The lowest BCUT2D eigenvalue weighted by molar-refractivity contribution is 0.0872. The van der Waals surface area contributed by atoms with Crippen molar-refractivity contribution in [2.45, 2.75) is 32.4 Å². The van der Waals surface area contributed by atoms with Crippen molar-refractivity contribution < 1.29 is 9.53 Å². The Bertz CT molecular complexity index is 452. The van der Waals surface area contributed by atoms with E-state index in [0.29, 0.717) is 25.7 Å². The first-order chi connectivity index (χ1) is 10.7. The van der Waals surface area contributed by atoms with Crippen LogP contribution in [0.4, 0.5) is 4.79 Å². The van der Waals surface area contributed by atoms with E-state index in [9.17, 15) is 4.79 Å². The van der Waals surface area contributed by atoms with E-state index >= 15 is 0 Å². The van der Waals surface area contributed by atoms with Crippen molar-refractivity contribution in [3.05, 3.63) is 35.9 Å². The molecule has 0 aliphatic carbocycles. The zero-order chi connectivity index (χ0) is 15.8. The van der Waals surface area contributed by atoms with Gasteiger partial charge in [-0.2, -0.15) is 0 Å². The van der Waals surface area contributed by atoms with E-state index in [1.54, 1.807) is 4.90 Å². The average Bonchev–Trinajstić information content (AvgIpc) is 2.98. The Morgan fingerprint density at radius 1 is 1.41 bits per heavy atom. The number of likely N-dealkylation sites (N-methyl/N-ethyl adjacent to an activating group) is 1. The van der Waals surface area contributed by atoms with E-state index in [0.717, 1.165) is 31.6 Å². The normalized spacial score (nSPS) is 18.4. The molecular weight excluding hydrogens is 278 g/mol. The summed E-state index contributed by atoms with van der Waals surface area (Å²) in [5.41, 5.74) is 6.67. The van der Waals surface area contributed by atoms with Gasteiger partial charge in [0.15, 0.2) is 0 Å². The lowest BCUT2D eigenvalue weighted by atomic mass is 10.2. The van der Waals surface area contributed by atoms with Gasteiger partial charge in [-0.05, 0) is 31.9 Å². The summed E-state index contributed by atoms with van der Waals surface area (Å²) in [5, 5.41) is 0. The van der Waals surface area contributed by atoms with Gasteiger partial charge in [0, 0.05) is 32.2 Å². The standard InChI is InChI=1S/C17H27N3O2/c1-2-19(13-16-9-6-11-20(16)12-10-18)17(21)22-14-15-7-4-3-5-8-15/h3-5,7-8,16H,2,6,9-14,18H2,1H3/t16-/m0/s1. The molecule has 0 spiro atoms. The third kappa shape index (κ3) is 4.71. The molecule has 5 nitrogen and oxygen atoms in total. The minimum Gasteiger partial charge on any atom is -0.445 e. The average molecular weight is 305 g/mol. The molecule has 1 amide bonds. The van der Waals surface area contributed by atoms with E-state index in [1.807, 2.05) is 37.3 Å². The molecule has 0 aromatic heterocycles. The molecule has 0 bridgehead atoms. The van der Waals surface area contributed by atoms with Gasteiger partial charge in [-0.3, -0.25) is 4.90 Å². The first-order valence-corrected chi connectivity index (χ1v) is 8.14. The van der Waals surface area contributed by atoms with Crippen molar-refractivity contribution in [2.24, 2.45) is 5.73 Å². The summed E-state index contributed by atoms with van der Waals surface area (Å²) in [5.74, 6) is 0. The molecule has 5 heteroatoms. The Morgan fingerprint density at radius 2 is 2.18 bits per heavy atom. The minimum atomic E-state index is -0.231. The summed E-state index contributed by atoms with van der Waals surface area (Å²) in [7, 11) is 0. The van der Waals surface area contributed by atoms with Gasteiger partial charge in [-0.25, -0.2) is 4.79 Å². The number of ether oxygens (including phenoxy) is 1. The Kier molecular flexibility index (Phi) is 6.68. The second-order valence-electron chi connectivity index (χ2n) is 5.70. The maximum atomic E-state index is 12.3. The zero-order valence-electron chi connectivity index (χ0n) is 13.4. The smallest absolute Gasteiger partial charge is 0.410 e. The quantitative estimate of drug-likeness (QED) is 0.838. The Morgan fingerprint density at radius 3 is 2.86 bits per heavy atom. The molecule has 1 heterocycles. The molecule has 22 heavy (non-hydrogen) atoms. The summed E-state index contributed by atoms with van der Waals surface area (Å²) in [6.07, 6.45) is 2.08. The van der Waals surface area contributed by atoms with E-state index in [-0.39, 0.29) is 6.09 Å². The van der Waals surface area contributed by atoms with E-state index in [1.165, 1.54) is 6.42 Å². The lowest BCUT2D eigenvalue weighted by Crippen LogP contribution is -2.44. The molecule has 2 N–H and O–H groups in total. The van der Waals surface area contributed by atoms with Crippen LogP contribution in [-0.2, 0) is 11.3 Å². The van der Waals surface area contributed by atoms with Crippen LogP contribution in [0.1, 0.15) is 25.3 Å². The van der Waals surface area contributed by atoms with Gasteiger partial charge in [0.2, 0.25) is 0 Å². The summed E-state index contributed by atoms with van der Waals surface area (Å²) in [6.45, 7) is 6.37. The second-order valence-corrected chi connectivity index (χ2v) is 5.70. The fourth-order valence-corrected chi connectivity index (χ4v) is 2.96. The maximum Gasteiger partial charge on any atom is 0.410 e. The van der Waals surface area contributed by atoms with Gasteiger partial charge in [-0.15, -0.1) is 0 Å². The number of carbonyl (C=O) groups is 1. The topological polar surface area (TPSA) is 58.8 Å². The maximum absolute atomic E-state index is 12.3. The molecule has 0 saturated carbocycles. The molecular formula is C17H27N3O2. The van der Waals surface area contributed by atoms with Crippen LogP contribution in [0, 0.1) is 0 Å². The fourth-order valence-electron chi connectivity index (χ4n) is 2.96. The molecule has 0 radical (unpaired) electrons. The van der Waals surface area contributed by atoms with Crippen molar-refractivity contribution in [1.82, 2.24) is 9.80 Å². The third-order valence-electron chi connectivity index (χ3n) is 4.19. The second kappa shape index (κ2) is 8.76. The molecule has 1 fully saturated rings. The predicted octanol–water partition coefficient (Wildman–Crippen LogP) is 2.07. The highest BCUT2D eigenvalue weighted by Crippen LogP contribution is 2.18. The first kappa shape index (κ1) is 16.8. The highest BCUT2D eigenvalue weighted by atomic mass is 16.6. The van der Waals surface area contributed by atoms with Crippen molar-refractivity contribution in [1.29, 1.82) is 0 Å². The van der Waals surface area contributed by atoms with Crippen LogP contribution in [-0.4, -0.2) is 54.7 Å². The molecule has 2 rings (SSSR count). The number of nitrogens with two attached hydrogens (primary N) is 1. The monoisotopic (exact) mass is 305 g/mol. The number of benzene rings is 1. The van der Waals surface area contributed by atoms with Crippen LogP contribution in [0.5, 0.6) is 0 Å². The third-order valence-corrected chi connectivity index (χ3v) is 4.19. The van der Waals surface area contributed by atoms with E-state index in [2.05, 4.69) is 4.90 Å². The van der Waals surface area contributed by atoms with E-state index < -0.39 is 0 Å². The number of hydrogen-bond acceptors (Lipinski definition) is 4. The van der Waals surface area contributed by atoms with Crippen LogP contribution < -0.4 is 5.73 Å². The van der Waals surface area contributed by atoms with Crippen molar-refractivity contribution >= 4 is 6.09 Å². The van der Waals surface area contributed by atoms with Crippen molar-refractivity contribution in [3.63, 3.8) is 0 Å². The number of nitrogens with zero attached hydrogens (tertiary/aromatic N) is 2. The Labute approximate surface area is 133 Å². The zero-order valence-corrected chi connectivity index (χ0v) is 13.4. The number of likely N-dealkylation sites (tertiary alicyclic amines) is 1. The molecule has 1 saturated heterocycles. The minimum absolute atomic E-state index is 0.231. The highest BCUT2D eigenvalue weighted by molar-refractivity contribution is 5.67. The van der Waals surface area contributed by atoms with Gasteiger partial charge in [-0.1, -0.05) is 30.3 Å². The number of hydrogen-bond donors (Lipinski definition) is 1. The Hall–Kier alpha value is -1.59. The fraction of sp³-hybridized carbons (Fsp3) is 0.588. The molecule has 1 atom stereocenters. The molecule has 1 aliphatic rings. The van der Waals surface area contributed by atoms with Crippen molar-refractivity contribution in [2.75, 3.05) is 32.7 Å². The molecule has 122 valence electrons. The molecule has 1 aromatic rings. The van der Waals surface area contributed by atoms with Crippen LogP contribution in [0.25, 0.3) is 0 Å². The Balaban J connectivity index is 1.83. The van der Waals surface area contributed by atoms with Gasteiger partial charge in [0.1, 0.15) is 6.61 Å². The van der Waals surface area contributed by atoms with Crippen LogP contribution in [0.3, 0.4) is 0 Å². The molecule has 1 aromatic carbocycles. The molecule has 1 aliphatic heterocycles. The van der Waals surface area contributed by atoms with Crippen LogP contribution in [0.2, 0.25) is 0 Å². The number of amides is 1. The van der Waals surface area contributed by atoms with Gasteiger partial charge >= 0.3 is 6.09 Å². The van der Waals surface area contributed by atoms with Gasteiger partial charge in [0.05, 0.1) is 0 Å². The largest absolute Gasteiger partial charge is 0.445 e. The molecule has 0 unspecified atom stereocenters. The van der Waals surface area contributed by atoms with Crippen LogP contribution in [0.15, 0.2) is 30.3 Å². The van der Waals surface area contributed by atoms with Crippen molar-refractivity contribution in [3.8, 4) is 0 Å². The SMILES string of the molecule is CCN(C[C@@H]1CCCN1CCN)C(=O)OCc1ccccc1. The van der Waals surface area contributed by atoms with Gasteiger partial charge < -0.3 is 15.4 Å². The highest BCUT2D eigenvalue weighted by Gasteiger charge is 2.27. The number of rotatable bonds is 7. The van der Waals surface area contributed by atoms with E-state index in [4.69, 9.17) is 10.5 Å². The summed E-state index contributed by atoms with van der Waals surface area (Å²) in [4.78, 5) is 16.4. The summed E-state index contributed by atoms with van der Waals surface area (Å²) in [6, 6.07) is 10.2. The van der Waals surface area contributed by atoms with Crippen LogP contribution >= 0.6 is 0 Å². The first-order valence-electron chi connectivity index (χ1n) is 8.14. The summed E-state index contributed by atoms with van der Waals surface area (Å²) < 4.78 is 5.43. The lowest BCUT2D eigenvalue weighted by Gasteiger charge is -2.29.